The molecule has 1 N–H and O–H groups in total. The van der Waals surface area contributed by atoms with Crippen LogP contribution in [0.5, 0.6) is 0 Å². The standard InChI is InChI=1S/C12H15BrN2O2S/c1-9(2)12(3,8-14)15-18(16,17)11-6-4-10(13)5-7-11/h4-7,9,15H,1-3H3/t12-/m1/s1. The van der Waals surface area contributed by atoms with E-state index in [1.54, 1.807) is 32.9 Å². The van der Waals surface area contributed by atoms with E-state index in [1.807, 2.05) is 6.07 Å². The first-order valence-corrected chi connectivity index (χ1v) is 7.70. The number of sulfonamides is 1. The summed E-state index contributed by atoms with van der Waals surface area (Å²) < 4.78 is 27.5. The SMILES string of the molecule is CC(C)[C@@](C)(C#N)NS(=O)(=O)c1ccc(Br)cc1. The molecule has 4 nitrogen and oxygen atoms in total. The Morgan fingerprint density at radius 2 is 1.83 bits per heavy atom. The highest BCUT2D eigenvalue weighted by Crippen LogP contribution is 2.20. The molecule has 0 aliphatic heterocycles. The van der Waals surface area contributed by atoms with Crippen molar-refractivity contribution in [2.24, 2.45) is 5.92 Å². The van der Waals surface area contributed by atoms with Gasteiger partial charge in [0.05, 0.1) is 11.0 Å². The first-order valence-electron chi connectivity index (χ1n) is 5.42. The van der Waals surface area contributed by atoms with E-state index in [2.05, 4.69) is 20.7 Å². The third-order valence-corrected chi connectivity index (χ3v) is 4.97. The molecule has 1 aromatic carbocycles. The fourth-order valence-electron chi connectivity index (χ4n) is 1.22. The molecule has 0 aliphatic rings. The Morgan fingerprint density at radius 1 is 1.33 bits per heavy atom. The maximum atomic E-state index is 12.1. The van der Waals surface area contributed by atoms with Crippen molar-refractivity contribution in [1.82, 2.24) is 4.72 Å². The number of nitriles is 1. The van der Waals surface area contributed by atoms with Gasteiger partial charge in [0.25, 0.3) is 0 Å². The Bertz CT molecular complexity index is 561. The summed E-state index contributed by atoms with van der Waals surface area (Å²) in [5, 5.41) is 9.13. The van der Waals surface area contributed by atoms with Crippen molar-refractivity contribution in [3.05, 3.63) is 28.7 Å². The van der Waals surface area contributed by atoms with Gasteiger partial charge in [0.15, 0.2) is 0 Å². The number of hydrogen-bond acceptors (Lipinski definition) is 3. The summed E-state index contributed by atoms with van der Waals surface area (Å²) in [6.45, 7) is 5.18. The van der Waals surface area contributed by atoms with Crippen LogP contribution in [0.25, 0.3) is 0 Å². The van der Waals surface area contributed by atoms with Crippen LogP contribution in [-0.4, -0.2) is 14.0 Å². The van der Waals surface area contributed by atoms with Gasteiger partial charge in [-0.1, -0.05) is 29.8 Å². The zero-order valence-electron chi connectivity index (χ0n) is 10.4. The van der Waals surface area contributed by atoms with Gasteiger partial charge in [-0.2, -0.15) is 9.98 Å². The molecule has 0 saturated carbocycles. The number of rotatable bonds is 4. The predicted octanol–water partition coefficient (Wildman–Crippen LogP) is 2.67. The van der Waals surface area contributed by atoms with Crippen LogP contribution in [0.4, 0.5) is 0 Å². The molecule has 0 heterocycles. The second kappa shape index (κ2) is 5.39. The second-order valence-corrected chi connectivity index (χ2v) is 7.13. The Kier molecular flexibility index (Phi) is 4.54. The molecular formula is C12H15BrN2O2S. The minimum Gasteiger partial charge on any atom is -0.207 e. The first kappa shape index (κ1) is 15.2. The average Bonchev–Trinajstić information content (AvgIpc) is 2.28. The Hall–Kier alpha value is -0.900. The van der Waals surface area contributed by atoms with E-state index in [4.69, 9.17) is 5.26 Å². The van der Waals surface area contributed by atoms with E-state index in [9.17, 15) is 8.42 Å². The highest BCUT2D eigenvalue weighted by Gasteiger charge is 2.33. The number of nitrogens with one attached hydrogen (secondary N) is 1. The van der Waals surface area contributed by atoms with Crippen LogP contribution in [0.1, 0.15) is 20.8 Å². The molecule has 0 radical (unpaired) electrons. The van der Waals surface area contributed by atoms with Crippen molar-refractivity contribution in [3.8, 4) is 6.07 Å². The molecule has 0 aliphatic carbocycles. The zero-order chi connectivity index (χ0) is 14.0. The highest BCUT2D eigenvalue weighted by atomic mass is 79.9. The molecule has 0 amide bonds. The molecule has 1 rings (SSSR count). The molecular weight excluding hydrogens is 316 g/mol. The van der Waals surface area contributed by atoms with Crippen molar-refractivity contribution < 1.29 is 8.42 Å². The van der Waals surface area contributed by atoms with Gasteiger partial charge >= 0.3 is 0 Å². The van der Waals surface area contributed by atoms with E-state index in [0.717, 1.165) is 4.47 Å². The van der Waals surface area contributed by atoms with Crippen LogP contribution in [0.3, 0.4) is 0 Å². The van der Waals surface area contributed by atoms with Gasteiger partial charge in [0, 0.05) is 4.47 Å². The summed E-state index contributed by atoms with van der Waals surface area (Å²) in [5.41, 5.74) is -1.12. The molecule has 0 aromatic heterocycles. The minimum atomic E-state index is -3.69. The van der Waals surface area contributed by atoms with Crippen molar-refractivity contribution in [1.29, 1.82) is 5.26 Å². The highest BCUT2D eigenvalue weighted by molar-refractivity contribution is 9.10. The maximum Gasteiger partial charge on any atom is 0.241 e. The number of benzene rings is 1. The lowest BCUT2D eigenvalue weighted by molar-refractivity contribution is 0.389. The summed E-state index contributed by atoms with van der Waals surface area (Å²) >= 11 is 3.24. The van der Waals surface area contributed by atoms with E-state index in [1.165, 1.54) is 12.1 Å². The first-order chi connectivity index (χ1) is 8.21. The van der Waals surface area contributed by atoms with Crippen LogP contribution in [0.2, 0.25) is 0 Å². The van der Waals surface area contributed by atoms with Crippen molar-refractivity contribution in [2.45, 2.75) is 31.2 Å². The molecule has 0 saturated heterocycles. The summed E-state index contributed by atoms with van der Waals surface area (Å²) in [4.78, 5) is 0.146. The van der Waals surface area contributed by atoms with Gasteiger partial charge in [0.2, 0.25) is 10.0 Å². The Balaban J connectivity index is 3.10. The third kappa shape index (κ3) is 3.31. The lowest BCUT2D eigenvalue weighted by Crippen LogP contribution is -2.48. The molecule has 6 heteroatoms. The van der Waals surface area contributed by atoms with Crippen molar-refractivity contribution in [3.63, 3.8) is 0 Å². The Labute approximate surface area is 116 Å². The van der Waals surface area contributed by atoms with E-state index < -0.39 is 15.6 Å². The summed E-state index contributed by atoms with van der Waals surface area (Å²) in [6.07, 6.45) is 0. The number of halogens is 1. The van der Waals surface area contributed by atoms with Crippen LogP contribution < -0.4 is 4.72 Å². The molecule has 98 valence electrons. The summed E-state index contributed by atoms with van der Waals surface area (Å²) in [7, 11) is -3.69. The monoisotopic (exact) mass is 330 g/mol. The van der Waals surface area contributed by atoms with E-state index in [-0.39, 0.29) is 10.8 Å². The lowest BCUT2D eigenvalue weighted by Gasteiger charge is -2.26. The van der Waals surface area contributed by atoms with Crippen LogP contribution >= 0.6 is 15.9 Å². The van der Waals surface area contributed by atoms with Gasteiger partial charge in [-0.05, 0) is 37.1 Å². The minimum absolute atomic E-state index is 0.132. The molecule has 0 fully saturated rings. The summed E-state index contributed by atoms with van der Waals surface area (Å²) in [6, 6.07) is 8.29. The van der Waals surface area contributed by atoms with Crippen molar-refractivity contribution >= 4 is 26.0 Å². The normalized spacial score (nSPS) is 15.1. The van der Waals surface area contributed by atoms with Crippen LogP contribution in [-0.2, 0) is 10.0 Å². The third-order valence-electron chi connectivity index (χ3n) is 2.86. The Morgan fingerprint density at radius 3 is 2.22 bits per heavy atom. The maximum absolute atomic E-state index is 12.1. The molecule has 18 heavy (non-hydrogen) atoms. The smallest absolute Gasteiger partial charge is 0.207 e. The van der Waals surface area contributed by atoms with Gasteiger partial charge in [-0.15, -0.1) is 0 Å². The number of hydrogen-bond donors (Lipinski definition) is 1. The number of nitrogens with zero attached hydrogens (tertiary/aromatic N) is 1. The quantitative estimate of drug-likeness (QED) is 0.922. The van der Waals surface area contributed by atoms with Gasteiger partial charge in [-0.25, -0.2) is 8.42 Å². The van der Waals surface area contributed by atoms with Crippen LogP contribution in [0, 0.1) is 17.2 Å². The summed E-state index contributed by atoms with van der Waals surface area (Å²) in [5.74, 6) is -0.132. The zero-order valence-corrected chi connectivity index (χ0v) is 12.8. The predicted molar refractivity (Wildman–Crippen MR) is 73.3 cm³/mol. The van der Waals surface area contributed by atoms with Gasteiger partial charge < -0.3 is 0 Å². The molecule has 1 atom stereocenters. The lowest BCUT2D eigenvalue weighted by atomic mass is 9.92. The molecule has 1 aromatic rings. The van der Waals surface area contributed by atoms with Gasteiger partial charge in [-0.3, -0.25) is 0 Å². The van der Waals surface area contributed by atoms with Crippen LogP contribution in [0.15, 0.2) is 33.6 Å². The topological polar surface area (TPSA) is 70.0 Å². The van der Waals surface area contributed by atoms with Crippen molar-refractivity contribution in [2.75, 3.05) is 0 Å². The van der Waals surface area contributed by atoms with Gasteiger partial charge in [0.1, 0.15) is 5.54 Å². The fraction of sp³-hybridized carbons (Fsp3) is 0.417. The molecule has 0 unspecified atom stereocenters. The average molecular weight is 331 g/mol. The van der Waals surface area contributed by atoms with E-state index in [0.29, 0.717) is 0 Å². The fourth-order valence-corrected chi connectivity index (χ4v) is 2.94. The molecule has 0 spiro atoms. The largest absolute Gasteiger partial charge is 0.241 e. The second-order valence-electron chi connectivity index (χ2n) is 4.53. The molecule has 0 bridgehead atoms. The van der Waals surface area contributed by atoms with E-state index >= 15 is 0 Å².